The quantitative estimate of drug-likeness (QED) is 0.812. The highest BCUT2D eigenvalue weighted by Crippen LogP contribution is 2.38. The van der Waals surface area contributed by atoms with E-state index in [0.29, 0.717) is 5.54 Å². The molecule has 0 radical (unpaired) electrons. The maximum atomic E-state index is 3.75. The topological polar surface area (TPSA) is 15.3 Å². The van der Waals surface area contributed by atoms with Gasteiger partial charge in [0, 0.05) is 23.7 Å². The second-order valence-electron chi connectivity index (χ2n) is 6.94. The fourth-order valence-corrected chi connectivity index (χ4v) is 3.99. The molecule has 2 atom stereocenters. The lowest BCUT2D eigenvalue weighted by Crippen LogP contribution is -2.62. The zero-order valence-electron chi connectivity index (χ0n) is 12.1. The molecule has 2 bridgehead atoms. The molecule has 2 fully saturated rings. The first-order chi connectivity index (χ1) is 8.02. The molecule has 0 aliphatic carbocycles. The van der Waals surface area contributed by atoms with Crippen LogP contribution in [0.25, 0.3) is 0 Å². The Hall–Kier alpha value is -0.0800. The van der Waals surface area contributed by atoms with Crippen molar-refractivity contribution in [3.8, 4) is 0 Å². The Morgan fingerprint density at radius 3 is 2.18 bits per heavy atom. The van der Waals surface area contributed by atoms with Gasteiger partial charge in [0.1, 0.15) is 0 Å². The Bertz CT molecular complexity index is 230. The van der Waals surface area contributed by atoms with Crippen LogP contribution in [-0.2, 0) is 0 Å². The molecule has 2 unspecified atom stereocenters. The molecule has 2 heterocycles. The molecule has 100 valence electrons. The lowest BCUT2D eigenvalue weighted by Gasteiger charge is -2.55. The van der Waals surface area contributed by atoms with Gasteiger partial charge < -0.3 is 5.32 Å². The lowest BCUT2D eigenvalue weighted by molar-refractivity contribution is -0.0403. The van der Waals surface area contributed by atoms with Gasteiger partial charge in [-0.05, 0) is 59.4 Å². The van der Waals surface area contributed by atoms with Crippen molar-refractivity contribution in [2.24, 2.45) is 0 Å². The van der Waals surface area contributed by atoms with Crippen molar-refractivity contribution >= 4 is 0 Å². The second kappa shape index (κ2) is 5.27. The molecule has 2 saturated heterocycles. The summed E-state index contributed by atoms with van der Waals surface area (Å²) in [4.78, 5) is 2.82. The summed E-state index contributed by atoms with van der Waals surface area (Å²) in [7, 11) is 0. The fourth-order valence-electron chi connectivity index (χ4n) is 3.99. The van der Waals surface area contributed by atoms with Crippen LogP contribution in [0.5, 0.6) is 0 Å². The van der Waals surface area contributed by atoms with Gasteiger partial charge in [-0.1, -0.05) is 13.3 Å². The van der Waals surface area contributed by atoms with E-state index in [0.717, 1.165) is 18.1 Å². The molecule has 2 rings (SSSR count). The molecule has 0 saturated carbocycles. The minimum atomic E-state index is 0.353. The van der Waals surface area contributed by atoms with Crippen LogP contribution in [0.2, 0.25) is 0 Å². The molecule has 2 nitrogen and oxygen atoms in total. The van der Waals surface area contributed by atoms with Crippen LogP contribution < -0.4 is 5.32 Å². The summed E-state index contributed by atoms with van der Waals surface area (Å²) in [6.07, 6.45) is 8.27. The molecule has 2 heteroatoms. The highest BCUT2D eigenvalue weighted by Gasteiger charge is 2.42. The van der Waals surface area contributed by atoms with Crippen molar-refractivity contribution in [1.29, 1.82) is 0 Å². The average Bonchev–Trinajstić information content (AvgIpc) is 2.23. The van der Waals surface area contributed by atoms with E-state index in [1.807, 2.05) is 0 Å². The fraction of sp³-hybridized carbons (Fsp3) is 1.00. The van der Waals surface area contributed by atoms with Crippen LogP contribution in [0.15, 0.2) is 0 Å². The van der Waals surface area contributed by atoms with Gasteiger partial charge in [0.25, 0.3) is 0 Å². The van der Waals surface area contributed by atoms with Crippen LogP contribution in [0.3, 0.4) is 0 Å². The number of rotatable bonds is 3. The largest absolute Gasteiger partial charge is 0.314 e. The van der Waals surface area contributed by atoms with Crippen LogP contribution in [-0.4, -0.2) is 35.1 Å². The Kier molecular flexibility index (Phi) is 4.14. The van der Waals surface area contributed by atoms with E-state index in [1.165, 1.54) is 45.1 Å². The predicted molar refractivity (Wildman–Crippen MR) is 74.3 cm³/mol. The van der Waals surface area contributed by atoms with Gasteiger partial charge >= 0.3 is 0 Å². The van der Waals surface area contributed by atoms with Gasteiger partial charge in [0.15, 0.2) is 0 Å². The predicted octanol–water partition coefficient (Wildman–Crippen LogP) is 3.17. The minimum absolute atomic E-state index is 0.353. The smallest absolute Gasteiger partial charge is 0.0130 e. The summed E-state index contributed by atoms with van der Waals surface area (Å²) in [6.45, 7) is 10.6. The molecule has 0 aromatic carbocycles. The van der Waals surface area contributed by atoms with Crippen molar-refractivity contribution in [3.63, 3.8) is 0 Å². The minimum Gasteiger partial charge on any atom is -0.314 e. The lowest BCUT2D eigenvalue weighted by atomic mass is 9.78. The monoisotopic (exact) mass is 238 g/mol. The van der Waals surface area contributed by atoms with Crippen LogP contribution in [0.4, 0.5) is 0 Å². The standard InChI is InChI=1S/C15H30N2/c1-5-9-16-12-10-13-7-6-8-14(11-12)17(13)15(2,3)4/h12-14,16H,5-11H2,1-4H3. The van der Waals surface area contributed by atoms with E-state index in [4.69, 9.17) is 0 Å². The Balaban J connectivity index is 2.01. The maximum absolute atomic E-state index is 3.75. The third kappa shape index (κ3) is 3.03. The Morgan fingerprint density at radius 1 is 1.12 bits per heavy atom. The summed E-state index contributed by atoms with van der Waals surface area (Å²) in [5.41, 5.74) is 0.353. The van der Waals surface area contributed by atoms with E-state index in [-0.39, 0.29) is 0 Å². The summed E-state index contributed by atoms with van der Waals surface area (Å²) in [5.74, 6) is 0. The molecular formula is C15H30N2. The third-order valence-corrected chi connectivity index (χ3v) is 4.43. The molecular weight excluding hydrogens is 208 g/mol. The average molecular weight is 238 g/mol. The highest BCUT2D eigenvalue weighted by molar-refractivity contribution is 4.99. The first-order valence-corrected chi connectivity index (χ1v) is 7.54. The van der Waals surface area contributed by atoms with Gasteiger partial charge in [0.2, 0.25) is 0 Å². The number of fused-ring (bicyclic) bond motifs is 2. The zero-order chi connectivity index (χ0) is 12.5. The van der Waals surface area contributed by atoms with Crippen molar-refractivity contribution in [2.45, 2.75) is 89.9 Å². The summed E-state index contributed by atoms with van der Waals surface area (Å²) in [6, 6.07) is 2.44. The van der Waals surface area contributed by atoms with Gasteiger partial charge in [-0.3, -0.25) is 4.90 Å². The Morgan fingerprint density at radius 2 is 1.71 bits per heavy atom. The van der Waals surface area contributed by atoms with E-state index < -0.39 is 0 Å². The molecule has 2 aliphatic rings. The van der Waals surface area contributed by atoms with Crippen LogP contribution in [0.1, 0.15) is 66.2 Å². The first kappa shape index (κ1) is 13.4. The van der Waals surface area contributed by atoms with Crippen molar-refractivity contribution < 1.29 is 0 Å². The molecule has 1 N–H and O–H groups in total. The van der Waals surface area contributed by atoms with E-state index in [1.54, 1.807) is 0 Å². The van der Waals surface area contributed by atoms with Crippen LogP contribution in [0, 0.1) is 0 Å². The zero-order valence-corrected chi connectivity index (χ0v) is 12.1. The number of hydrogen-bond donors (Lipinski definition) is 1. The van der Waals surface area contributed by atoms with Gasteiger partial charge in [-0.25, -0.2) is 0 Å². The first-order valence-electron chi connectivity index (χ1n) is 7.54. The van der Waals surface area contributed by atoms with Gasteiger partial charge in [0.05, 0.1) is 0 Å². The van der Waals surface area contributed by atoms with Crippen LogP contribution >= 0.6 is 0 Å². The summed E-state index contributed by atoms with van der Waals surface area (Å²) >= 11 is 0. The summed E-state index contributed by atoms with van der Waals surface area (Å²) in [5, 5.41) is 3.75. The number of nitrogens with one attached hydrogen (secondary N) is 1. The molecule has 0 aromatic heterocycles. The number of piperidine rings is 2. The highest BCUT2D eigenvalue weighted by atomic mass is 15.3. The second-order valence-corrected chi connectivity index (χ2v) is 6.94. The van der Waals surface area contributed by atoms with E-state index in [9.17, 15) is 0 Å². The Labute approximate surface area is 107 Å². The summed E-state index contributed by atoms with van der Waals surface area (Å²) < 4.78 is 0. The van der Waals surface area contributed by atoms with Gasteiger partial charge in [-0.2, -0.15) is 0 Å². The number of nitrogens with zero attached hydrogens (tertiary/aromatic N) is 1. The van der Waals surface area contributed by atoms with Crippen molar-refractivity contribution in [1.82, 2.24) is 10.2 Å². The van der Waals surface area contributed by atoms with E-state index in [2.05, 4.69) is 37.9 Å². The van der Waals surface area contributed by atoms with Crippen molar-refractivity contribution in [2.75, 3.05) is 6.54 Å². The van der Waals surface area contributed by atoms with Gasteiger partial charge in [-0.15, -0.1) is 0 Å². The molecule has 17 heavy (non-hydrogen) atoms. The molecule has 0 aromatic rings. The molecule has 2 aliphatic heterocycles. The third-order valence-electron chi connectivity index (χ3n) is 4.43. The molecule has 0 amide bonds. The van der Waals surface area contributed by atoms with E-state index >= 15 is 0 Å². The normalized spacial score (nSPS) is 34.9. The molecule has 0 spiro atoms. The van der Waals surface area contributed by atoms with Crippen molar-refractivity contribution in [3.05, 3.63) is 0 Å². The maximum Gasteiger partial charge on any atom is 0.0130 e. The number of hydrogen-bond acceptors (Lipinski definition) is 2. The SMILES string of the molecule is CCCNC1CC2CCCC(C1)N2C(C)(C)C.